The van der Waals surface area contributed by atoms with E-state index in [9.17, 15) is 4.79 Å². The molecule has 6 heteroatoms. The van der Waals surface area contributed by atoms with Crippen LogP contribution in [0, 0.1) is 5.41 Å². The van der Waals surface area contributed by atoms with Crippen LogP contribution in [-0.4, -0.2) is 24.6 Å². The van der Waals surface area contributed by atoms with E-state index in [0.29, 0.717) is 12.5 Å². The second kappa shape index (κ2) is 6.47. The maximum Gasteiger partial charge on any atom is 0.408 e. The Labute approximate surface area is 124 Å². The van der Waals surface area contributed by atoms with E-state index in [1.54, 1.807) is 0 Å². The molecule has 0 saturated carbocycles. The van der Waals surface area contributed by atoms with Gasteiger partial charge in [-0.1, -0.05) is 51.1 Å². The van der Waals surface area contributed by atoms with Crippen LogP contribution >= 0.6 is 0 Å². The van der Waals surface area contributed by atoms with Crippen LogP contribution in [0.4, 0.5) is 4.79 Å². The summed E-state index contributed by atoms with van der Waals surface area (Å²) in [5.41, 5.74) is 0.714. The number of ether oxygens (including phenoxy) is 1. The topological polar surface area (TPSA) is 75.4 Å². The minimum Gasteiger partial charge on any atom is -0.445 e. The normalized spacial score (nSPS) is 15.5. The molecule has 0 bridgehead atoms. The van der Waals surface area contributed by atoms with Crippen LogP contribution in [0.2, 0.25) is 0 Å². The number of nitrogens with one attached hydrogen (secondary N) is 1. The molecule has 0 fully saturated rings. The lowest BCUT2D eigenvalue weighted by Crippen LogP contribution is -2.48. The molecule has 0 aromatic heterocycles. The van der Waals surface area contributed by atoms with E-state index in [0.717, 1.165) is 5.56 Å². The Bertz CT molecular complexity index is 547. The van der Waals surface area contributed by atoms with Gasteiger partial charge in [0.1, 0.15) is 6.61 Å². The monoisotopic (exact) mass is 288 g/mol. The molecule has 1 aliphatic heterocycles. The van der Waals surface area contributed by atoms with E-state index in [4.69, 9.17) is 4.74 Å². The first kappa shape index (κ1) is 15.2. The van der Waals surface area contributed by atoms with E-state index in [2.05, 4.69) is 20.5 Å². The zero-order chi connectivity index (χ0) is 15.3. The molecular formula is C15H20N4O2. The van der Waals surface area contributed by atoms with Crippen LogP contribution < -0.4 is 5.32 Å². The van der Waals surface area contributed by atoms with Gasteiger partial charge in [0.25, 0.3) is 0 Å². The van der Waals surface area contributed by atoms with E-state index < -0.39 is 6.09 Å². The van der Waals surface area contributed by atoms with Gasteiger partial charge in [-0.15, -0.1) is 5.11 Å². The minimum atomic E-state index is -0.483. The fourth-order valence-corrected chi connectivity index (χ4v) is 1.94. The van der Waals surface area contributed by atoms with Crippen LogP contribution in [0.5, 0.6) is 0 Å². The summed E-state index contributed by atoms with van der Waals surface area (Å²) in [6.45, 7) is 6.57. The van der Waals surface area contributed by atoms with Crippen LogP contribution in [0.1, 0.15) is 26.3 Å². The van der Waals surface area contributed by atoms with Gasteiger partial charge < -0.3 is 10.1 Å². The Morgan fingerprint density at radius 1 is 1.33 bits per heavy atom. The third kappa shape index (κ3) is 4.37. The summed E-state index contributed by atoms with van der Waals surface area (Å²) in [6, 6.07) is 9.22. The molecule has 1 atom stereocenters. The SMILES string of the molecule is CC(C)(C)[C@H](NC(=O)OCc1ccccc1)C1=NCN=N1. The smallest absolute Gasteiger partial charge is 0.408 e. The number of azo groups is 1. The Balaban J connectivity index is 1.94. The van der Waals surface area contributed by atoms with Crippen molar-refractivity contribution in [1.29, 1.82) is 0 Å². The number of benzene rings is 1. The lowest BCUT2D eigenvalue weighted by atomic mass is 9.86. The van der Waals surface area contributed by atoms with Crippen molar-refractivity contribution in [2.45, 2.75) is 33.4 Å². The summed E-state index contributed by atoms with van der Waals surface area (Å²) in [4.78, 5) is 16.2. The highest BCUT2D eigenvalue weighted by atomic mass is 16.5. The molecule has 2 rings (SSSR count). The molecule has 1 heterocycles. The van der Waals surface area contributed by atoms with Crippen LogP contribution in [-0.2, 0) is 11.3 Å². The quantitative estimate of drug-likeness (QED) is 0.924. The summed E-state index contributed by atoms with van der Waals surface area (Å²) >= 11 is 0. The van der Waals surface area contributed by atoms with Gasteiger partial charge >= 0.3 is 6.09 Å². The second-order valence-electron chi connectivity index (χ2n) is 5.90. The minimum absolute atomic E-state index is 0.228. The molecule has 1 amide bonds. The standard InChI is InChI=1S/C15H20N4O2/c1-15(2,3)12(13-16-10-17-19-13)18-14(20)21-9-11-7-5-4-6-8-11/h4-8,12H,9-10H2,1-3H3,(H,18,20)/t12-/m1/s1. The fourth-order valence-electron chi connectivity index (χ4n) is 1.94. The molecular weight excluding hydrogens is 268 g/mol. The Hall–Kier alpha value is -2.24. The Morgan fingerprint density at radius 3 is 2.62 bits per heavy atom. The highest BCUT2D eigenvalue weighted by molar-refractivity contribution is 5.91. The first-order chi connectivity index (χ1) is 9.97. The average Bonchev–Trinajstić information content (AvgIpc) is 2.96. The molecule has 112 valence electrons. The lowest BCUT2D eigenvalue weighted by molar-refractivity contribution is 0.132. The maximum atomic E-state index is 12.0. The molecule has 1 aliphatic rings. The number of aliphatic imine (C=N–C) groups is 1. The van der Waals surface area contributed by atoms with E-state index >= 15 is 0 Å². The molecule has 0 radical (unpaired) electrons. The molecule has 0 unspecified atom stereocenters. The maximum absolute atomic E-state index is 12.0. The molecule has 1 N–H and O–H groups in total. The summed E-state index contributed by atoms with van der Waals surface area (Å²) < 4.78 is 5.24. The summed E-state index contributed by atoms with van der Waals surface area (Å²) in [6.07, 6.45) is -0.483. The van der Waals surface area contributed by atoms with E-state index in [1.807, 2.05) is 51.1 Å². The number of carbonyl (C=O) groups excluding carboxylic acids is 1. The number of hydrogen-bond donors (Lipinski definition) is 1. The van der Waals surface area contributed by atoms with Crippen molar-refractivity contribution in [3.8, 4) is 0 Å². The van der Waals surface area contributed by atoms with Crippen molar-refractivity contribution < 1.29 is 9.53 Å². The van der Waals surface area contributed by atoms with Crippen molar-refractivity contribution in [1.82, 2.24) is 5.32 Å². The first-order valence-electron chi connectivity index (χ1n) is 6.86. The van der Waals surface area contributed by atoms with Gasteiger partial charge in [-0.25, -0.2) is 9.79 Å². The van der Waals surface area contributed by atoms with Crippen LogP contribution in [0.25, 0.3) is 0 Å². The van der Waals surface area contributed by atoms with Gasteiger partial charge in [0.15, 0.2) is 12.5 Å². The third-order valence-electron chi connectivity index (χ3n) is 3.07. The number of nitrogens with zero attached hydrogens (tertiary/aromatic N) is 3. The number of hydrogen-bond acceptors (Lipinski definition) is 5. The molecule has 0 aliphatic carbocycles. The molecule has 1 aromatic rings. The summed E-state index contributed by atoms with van der Waals surface area (Å²) in [5.74, 6) is 0.541. The molecule has 0 spiro atoms. The third-order valence-corrected chi connectivity index (χ3v) is 3.07. The van der Waals surface area contributed by atoms with Gasteiger partial charge in [-0.2, -0.15) is 5.11 Å². The summed E-state index contributed by atoms with van der Waals surface area (Å²) in [7, 11) is 0. The average molecular weight is 288 g/mol. The number of amides is 1. The van der Waals surface area contributed by atoms with Crippen molar-refractivity contribution in [2.24, 2.45) is 20.6 Å². The number of amidine groups is 1. The van der Waals surface area contributed by atoms with E-state index in [-0.39, 0.29) is 18.1 Å². The van der Waals surface area contributed by atoms with Gasteiger partial charge in [-0.05, 0) is 11.0 Å². The van der Waals surface area contributed by atoms with Crippen molar-refractivity contribution >= 4 is 11.9 Å². The number of carbonyl (C=O) groups is 1. The Morgan fingerprint density at radius 2 is 2.05 bits per heavy atom. The second-order valence-corrected chi connectivity index (χ2v) is 5.90. The fraction of sp³-hybridized carbons (Fsp3) is 0.467. The predicted molar refractivity (Wildman–Crippen MR) is 80.2 cm³/mol. The molecule has 1 aromatic carbocycles. The molecule has 21 heavy (non-hydrogen) atoms. The van der Waals surface area contributed by atoms with Gasteiger partial charge in [-0.3, -0.25) is 0 Å². The Kier molecular flexibility index (Phi) is 4.67. The number of alkyl carbamates (subject to hydrolysis) is 1. The van der Waals surface area contributed by atoms with Crippen molar-refractivity contribution in [3.05, 3.63) is 35.9 Å². The summed E-state index contributed by atoms with van der Waals surface area (Å²) in [5, 5.41) is 10.6. The lowest BCUT2D eigenvalue weighted by Gasteiger charge is -2.29. The van der Waals surface area contributed by atoms with Crippen LogP contribution in [0.15, 0.2) is 45.6 Å². The van der Waals surface area contributed by atoms with Crippen molar-refractivity contribution in [3.63, 3.8) is 0 Å². The largest absolute Gasteiger partial charge is 0.445 e. The highest BCUT2D eigenvalue weighted by Crippen LogP contribution is 2.22. The first-order valence-corrected chi connectivity index (χ1v) is 6.86. The number of rotatable bonds is 4. The van der Waals surface area contributed by atoms with Crippen molar-refractivity contribution in [2.75, 3.05) is 6.67 Å². The van der Waals surface area contributed by atoms with Gasteiger partial charge in [0.2, 0.25) is 0 Å². The zero-order valence-corrected chi connectivity index (χ0v) is 12.5. The van der Waals surface area contributed by atoms with Gasteiger partial charge in [0, 0.05) is 0 Å². The van der Waals surface area contributed by atoms with E-state index in [1.165, 1.54) is 0 Å². The highest BCUT2D eigenvalue weighted by Gasteiger charge is 2.32. The predicted octanol–water partition coefficient (Wildman–Crippen LogP) is 3.15. The van der Waals surface area contributed by atoms with Crippen LogP contribution in [0.3, 0.4) is 0 Å². The molecule has 6 nitrogen and oxygen atoms in total. The zero-order valence-electron chi connectivity index (χ0n) is 12.5. The molecule has 0 saturated heterocycles. The van der Waals surface area contributed by atoms with Gasteiger partial charge in [0.05, 0.1) is 6.04 Å².